The molecule has 6 nitrogen and oxygen atoms in total. The van der Waals surface area contributed by atoms with E-state index in [2.05, 4.69) is 29.3 Å². The normalized spacial score (nSPS) is 23.1. The number of hydrogen-bond donors (Lipinski definition) is 2. The van der Waals surface area contributed by atoms with E-state index in [0.29, 0.717) is 18.7 Å². The van der Waals surface area contributed by atoms with Crippen LogP contribution in [0.2, 0.25) is 0 Å². The van der Waals surface area contributed by atoms with Gasteiger partial charge in [-0.1, -0.05) is 61.5 Å². The molecule has 186 valence electrons. The van der Waals surface area contributed by atoms with Crippen LogP contribution in [-0.4, -0.2) is 39.7 Å². The fraction of sp³-hybridized carbons (Fsp3) is 0.333. The highest BCUT2D eigenvalue weighted by Gasteiger charge is 2.55. The minimum Gasteiger partial charge on any atom is -0.396 e. The number of benzene rings is 2. The van der Waals surface area contributed by atoms with E-state index in [9.17, 15) is 14.7 Å². The Bertz CT molecular complexity index is 1310. The van der Waals surface area contributed by atoms with Crippen molar-refractivity contribution in [2.75, 3.05) is 18.5 Å². The number of nitrogens with zero attached hydrogens (tertiary/aromatic N) is 2. The number of aliphatic hydroxyl groups excluding tert-OH is 1. The van der Waals surface area contributed by atoms with Gasteiger partial charge in [-0.2, -0.15) is 0 Å². The van der Waals surface area contributed by atoms with Gasteiger partial charge in [-0.15, -0.1) is 0 Å². The lowest BCUT2D eigenvalue weighted by Crippen LogP contribution is -2.46. The number of aliphatic hydroxyl groups is 1. The van der Waals surface area contributed by atoms with Crippen molar-refractivity contribution in [3.8, 4) is 11.1 Å². The molecule has 0 radical (unpaired) electrons. The number of nitrogens with one attached hydrogen (secondary N) is 1. The van der Waals surface area contributed by atoms with Crippen LogP contribution < -0.4 is 10.9 Å². The molecular formula is C30H33N3O3. The first-order valence-electron chi connectivity index (χ1n) is 12.8. The van der Waals surface area contributed by atoms with Crippen LogP contribution in [0.15, 0.2) is 77.6 Å². The summed E-state index contributed by atoms with van der Waals surface area (Å²) in [5.74, 6) is -0.357. The molecule has 0 bridgehead atoms. The topological polar surface area (TPSA) is 74.6 Å². The second kappa shape index (κ2) is 10.2. The van der Waals surface area contributed by atoms with Crippen LogP contribution in [-0.2, 0) is 11.3 Å². The summed E-state index contributed by atoms with van der Waals surface area (Å²) in [7, 11) is 0. The number of anilines is 1. The number of aromatic nitrogens is 1. The van der Waals surface area contributed by atoms with Crippen molar-refractivity contribution < 1.29 is 9.90 Å². The molecule has 1 fully saturated rings. The van der Waals surface area contributed by atoms with E-state index in [1.807, 2.05) is 78.2 Å². The van der Waals surface area contributed by atoms with E-state index in [0.717, 1.165) is 28.9 Å². The molecule has 2 N–H and O–H groups in total. The predicted octanol–water partition coefficient (Wildman–Crippen LogP) is 4.56. The number of amides is 1. The van der Waals surface area contributed by atoms with Crippen molar-refractivity contribution in [1.29, 1.82) is 0 Å². The molecule has 2 aliphatic rings. The van der Waals surface area contributed by atoms with E-state index in [-0.39, 0.29) is 36.0 Å². The number of carbonyl (C=O) groups excluding carboxylic acids is 1. The predicted molar refractivity (Wildman–Crippen MR) is 144 cm³/mol. The second-order valence-electron chi connectivity index (χ2n) is 9.70. The minimum absolute atomic E-state index is 0.00585. The van der Waals surface area contributed by atoms with E-state index in [1.54, 1.807) is 0 Å². The number of carbonyl (C=O) groups is 1. The molecule has 1 aromatic heterocycles. The van der Waals surface area contributed by atoms with Crippen LogP contribution in [0.4, 0.5) is 5.69 Å². The molecule has 2 aliphatic heterocycles. The molecule has 3 aromatic rings. The molecule has 0 unspecified atom stereocenters. The number of pyridine rings is 1. The van der Waals surface area contributed by atoms with Crippen molar-refractivity contribution in [2.45, 2.75) is 38.9 Å². The zero-order valence-electron chi connectivity index (χ0n) is 20.8. The van der Waals surface area contributed by atoms with Crippen LogP contribution in [0.3, 0.4) is 0 Å². The Morgan fingerprint density at radius 2 is 1.78 bits per heavy atom. The van der Waals surface area contributed by atoms with Crippen molar-refractivity contribution >= 4 is 17.7 Å². The monoisotopic (exact) mass is 483 g/mol. The minimum atomic E-state index is -0.460. The first-order chi connectivity index (χ1) is 17.6. The fourth-order valence-electron chi connectivity index (χ4n) is 6.04. The molecule has 3 heterocycles. The van der Waals surface area contributed by atoms with Crippen molar-refractivity contribution in [2.24, 2.45) is 11.8 Å². The standard InChI is InChI=1S/C30H33N3O3/c1-3-8-22-13-16-26-27-24(18-33(26)30(22)36)25(19-34)28(32(27)17-4-2)29(35)31-23-14-11-21(12-15-23)20-9-6-5-7-10-20/h3,5-16,24-25,27-28,34H,4,17-19H2,1-2H3,(H,31,35)/b8-3+/t24-,25-,27+,28-/m1/s1. The van der Waals surface area contributed by atoms with Gasteiger partial charge in [-0.3, -0.25) is 14.5 Å². The molecule has 0 spiro atoms. The number of fused-ring (bicyclic) bond motifs is 3. The van der Waals surface area contributed by atoms with Crippen LogP contribution in [0.1, 0.15) is 37.6 Å². The number of rotatable bonds is 7. The Morgan fingerprint density at radius 1 is 1.06 bits per heavy atom. The summed E-state index contributed by atoms with van der Waals surface area (Å²) >= 11 is 0. The summed E-state index contributed by atoms with van der Waals surface area (Å²) in [5.41, 5.74) is 4.54. The third-order valence-electron chi connectivity index (χ3n) is 7.58. The molecule has 4 atom stereocenters. The lowest BCUT2D eigenvalue weighted by Gasteiger charge is -2.30. The highest BCUT2D eigenvalue weighted by molar-refractivity contribution is 5.95. The second-order valence-corrected chi connectivity index (χ2v) is 9.70. The van der Waals surface area contributed by atoms with Gasteiger partial charge in [0.2, 0.25) is 5.91 Å². The number of likely N-dealkylation sites (tertiary alicyclic amines) is 1. The summed E-state index contributed by atoms with van der Waals surface area (Å²) in [6.07, 6.45) is 4.57. The average molecular weight is 484 g/mol. The van der Waals surface area contributed by atoms with Crippen LogP contribution in [0.5, 0.6) is 0 Å². The van der Waals surface area contributed by atoms with Crippen molar-refractivity contribution in [3.63, 3.8) is 0 Å². The maximum absolute atomic E-state index is 13.6. The van der Waals surface area contributed by atoms with E-state index < -0.39 is 6.04 Å². The molecule has 2 aromatic carbocycles. The molecular weight excluding hydrogens is 450 g/mol. The van der Waals surface area contributed by atoms with Gasteiger partial charge in [-0.05, 0) is 55.3 Å². The van der Waals surface area contributed by atoms with E-state index in [1.165, 1.54) is 0 Å². The highest BCUT2D eigenvalue weighted by Crippen LogP contribution is 2.49. The first kappa shape index (κ1) is 24.2. The third kappa shape index (κ3) is 4.21. The van der Waals surface area contributed by atoms with Gasteiger partial charge in [0.05, 0.1) is 12.1 Å². The number of hydrogen-bond acceptors (Lipinski definition) is 4. The zero-order valence-corrected chi connectivity index (χ0v) is 20.8. The maximum atomic E-state index is 13.6. The van der Waals surface area contributed by atoms with Gasteiger partial charge in [0.15, 0.2) is 0 Å². The van der Waals surface area contributed by atoms with Gasteiger partial charge in [-0.25, -0.2) is 0 Å². The maximum Gasteiger partial charge on any atom is 0.258 e. The summed E-state index contributed by atoms with van der Waals surface area (Å²) in [4.78, 5) is 28.9. The highest BCUT2D eigenvalue weighted by atomic mass is 16.3. The number of allylic oxidation sites excluding steroid dienone is 1. The molecule has 0 saturated carbocycles. The Morgan fingerprint density at radius 3 is 2.44 bits per heavy atom. The average Bonchev–Trinajstić information content (AvgIpc) is 3.42. The summed E-state index contributed by atoms with van der Waals surface area (Å²) < 4.78 is 1.84. The van der Waals surface area contributed by atoms with Crippen molar-refractivity contribution in [1.82, 2.24) is 9.47 Å². The fourth-order valence-corrected chi connectivity index (χ4v) is 6.04. The quantitative estimate of drug-likeness (QED) is 0.517. The summed E-state index contributed by atoms with van der Waals surface area (Å²) in [6, 6.07) is 21.3. The van der Waals surface area contributed by atoms with Gasteiger partial charge < -0.3 is 15.0 Å². The Balaban J connectivity index is 1.42. The van der Waals surface area contributed by atoms with Gasteiger partial charge in [0.1, 0.15) is 0 Å². The summed E-state index contributed by atoms with van der Waals surface area (Å²) in [6.45, 7) is 5.13. The largest absolute Gasteiger partial charge is 0.396 e. The van der Waals surface area contributed by atoms with Crippen LogP contribution in [0.25, 0.3) is 17.2 Å². The zero-order chi connectivity index (χ0) is 25.2. The lowest BCUT2D eigenvalue weighted by atomic mass is 9.88. The first-order valence-corrected chi connectivity index (χ1v) is 12.8. The SMILES string of the molecule is C/C=C/c1ccc2n(c1=O)C[C@@H]1[C@@H](CO)[C@H](C(=O)Nc3ccc(-c4ccccc4)cc3)N(CCC)[C@H]21. The van der Waals surface area contributed by atoms with Gasteiger partial charge in [0, 0.05) is 41.9 Å². The molecule has 36 heavy (non-hydrogen) atoms. The van der Waals surface area contributed by atoms with Crippen LogP contribution >= 0.6 is 0 Å². The Hall–Kier alpha value is -3.48. The smallest absolute Gasteiger partial charge is 0.258 e. The Kier molecular flexibility index (Phi) is 6.90. The van der Waals surface area contributed by atoms with E-state index in [4.69, 9.17) is 0 Å². The van der Waals surface area contributed by atoms with Crippen molar-refractivity contribution in [3.05, 3.63) is 94.4 Å². The molecule has 5 rings (SSSR count). The molecule has 0 aliphatic carbocycles. The molecule has 1 amide bonds. The van der Waals surface area contributed by atoms with Gasteiger partial charge in [0.25, 0.3) is 5.56 Å². The molecule has 6 heteroatoms. The third-order valence-corrected chi connectivity index (χ3v) is 7.58. The van der Waals surface area contributed by atoms with Crippen LogP contribution in [0, 0.1) is 11.8 Å². The Labute approximate surface area is 211 Å². The summed E-state index contributed by atoms with van der Waals surface area (Å²) in [5, 5.41) is 13.5. The lowest BCUT2D eigenvalue weighted by molar-refractivity contribution is -0.122. The van der Waals surface area contributed by atoms with Gasteiger partial charge >= 0.3 is 0 Å². The van der Waals surface area contributed by atoms with E-state index >= 15 is 0 Å². The molecule has 1 saturated heterocycles.